The molecule has 0 fully saturated rings. The summed E-state index contributed by atoms with van der Waals surface area (Å²) in [6, 6.07) is 6.17. The van der Waals surface area contributed by atoms with Gasteiger partial charge in [0.05, 0.1) is 7.11 Å². The van der Waals surface area contributed by atoms with Crippen molar-refractivity contribution in [1.82, 2.24) is 10.5 Å². The molecule has 0 unspecified atom stereocenters. The highest BCUT2D eigenvalue weighted by Crippen LogP contribution is 2.37. The SMILES string of the molecule is CCCNCc1noc2c1CCc1ccc(OC)cc1-2. The van der Waals surface area contributed by atoms with Crippen molar-refractivity contribution in [1.29, 1.82) is 0 Å². The van der Waals surface area contributed by atoms with Gasteiger partial charge in [-0.15, -0.1) is 0 Å². The standard InChI is InChI=1S/C16H20N2O2/c1-3-8-17-10-15-13-7-5-11-4-6-12(19-2)9-14(11)16(13)20-18-15/h4,6,9,17H,3,5,7-8,10H2,1-2H3. The number of ether oxygens (including phenoxy) is 1. The minimum Gasteiger partial charge on any atom is -0.497 e. The Morgan fingerprint density at radius 2 is 2.25 bits per heavy atom. The molecule has 1 aliphatic rings. The normalized spacial score (nSPS) is 12.9. The molecule has 106 valence electrons. The minimum absolute atomic E-state index is 0.784. The Morgan fingerprint density at radius 1 is 1.35 bits per heavy atom. The zero-order chi connectivity index (χ0) is 13.9. The van der Waals surface area contributed by atoms with Crippen LogP contribution in [0.15, 0.2) is 22.7 Å². The predicted molar refractivity (Wildman–Crippen MR) is 77.9 cm³/mol. The first-order chi connectivity index (χ1) is 9.83. The van der Waals surface area contributed by atoms with Crippen molar-refractivity contribution >= 4 is 0 Å². The molecule has 4 heteroatoms. The maximum atomic E-state index is 5.60. The van der Waals surface area contributed by atoms with E-state index in [1.54, 1.807) is 7.11 Å². The molecule has 1 aromatic carbocycles. The summed E-state index contributed by atoms with van der Waals surface area (Å²) in [5, 5.41) is 7.63. The van der Waals surface area contributed by atoms with Crippen LogP contribution >= 0.6 is 0 Å². The second-order valence-electron chi connectivity index (χ2n) is 5.14. The maximum Gasteiger partial charge on any atom is 0.170 e. The number of nitrogens with zero attached hydrogens (tertiary/aromatic N) is 1. The van der Waals surface area contributed by atoms with Gasteiger partial charge >= 0.3 is 0 Å². The molecular weight excluding hydrogens is 252 g/mol. The highest BCUT2D eigenvalue weighted by Gasteiger charge is 2.24. The van der Waals surface area contributed by atoms with Crippen LogP contribution in [0.5, 0.6) is 5.75 Å². The van der Waals surface area contributed by atoms with Gasteiger partial charge in [-0.05, 0) is 43.5 Å². The molecule has 0 bridgehead atoms. The van der Waals surface area contributed by atoms with Gasteiger partial charge in [0.15, 0.2) is 5.76 Å². The fourth-order valence-electron chi connectivity index (χ4n) is 2.71. The first-order valence-corrected chi connectivity index (χ1v) is 7.19. The van der Waals surface area contributed by atoms with E-state index in [1.165, 1.54) is 11.1 Å². The van der Waals surface area contributed by atoms with Gasteiger partial charge in [0, 0.05) is 17.7 Å². The summed E-state index contributed by atoms with van der Waals surface area (Å²) in [7, 11) is 1.69. The minimum atomic E-state index is 0.784. The van der Waals surface area contributed by atoms with Crippen LogP contribution in [0.4, 0.5) is 0 Å². The number of nitrogens with one attached hydrogen (secondary N) is 1. The van der Waals surface area contributed by atoms with E-state index in [-0.39, 0.29) is 0 Å². The van der Waals surface area contributed by atoms with Crippen molar-refractivity contribution in [3.05, 3.63) is 35.0 Å². The number of benzene rings is 1. The van der Waals surface area contributed by atoms with Crippen LogP contribution in [0, 0.1) is 0 Å². The van der Waals surface area contributed by atoms with Gasteiger partial charge in [0.2, 0.25) is 0 Å². The van der Waals surface area contributed by atoms with Gasteiger partial charge in [0.1, 0.15) is 11.4 Å². The van der Waals surface area contributed by atoms with Crippen molar-refractivity contribution in [3.63, 3.8) is 0 Å². The highest BCUT2D eigenvalue weighted by atomic mass is 16.5. The number of fused-ring (bicyclic) bond motifs is 3. The molecule has 0 saturated heterocycles. The lowest BCUT2D eigenvalue weighted by Crippen LogP contribution is -2.16. The van der Waals surface area contributed by atoms with Gasteiger partial charge in [-0.25, -0.2) is 0 Å². The molecule has 1 aliphatic carbocycles. The topological polar surface area (TPSA) is 47.3 Å². The lowest BCUT2D eigenvalue weighted by molar-refractivity contribution is 0.411. The van der Waals surface area contributed by atoms with E-state index in [1.807, 2.05) is 12.1 Å². The molecular formula is C16H20N2O2. The lowest BCUT2D eigenvalue weighted by Gasteiger charge is -2.15. The number of hydrogen-bond acceptors (Lipinski definition) is 4. The third-order valence-corrected chi connectivity index (χ3v) is 3.79. The monoisotopic (exact) mass is 272 g/mol. The van der Waals surface area contributed by atoms with Crippen LogP contribution in [0.1, 0.15) is 30.2 Å². The van der Waals surface area contributed by atoms with Crippen LogP contribution in [-0.4, -0.2) is 18.8 Å². The fraction of sp³-hybridized carbons (Fsp3) is 0.438. The van der Waals surface area contributed by atoms with Crippen molar-refractivity contribution < 1.29 is 9.26 Å². The number of aromatic nitrogens is 1. The van der Waals surface area contributed by atoms with E-state index in [0.29, 0.717) is 0 Å². The molecule has 0 aliphatic heterocycles. The summed E-state index contributed by atoms with van der Waals surface area (Å²) in [6.07, 6.45) is 3.16. The second-order valence-corrected chi connectivity index (χ2v) is 5.14. The summed E-state index contributed by atoms with van der Waals surface area (Å²) in [5.74, 6) is 1.78. The smallest absolute Gasteiger partial charge is 0.170 e. The molecule has 2 aromatic rings. The average Bonchev–Trinajstić information content (AvgIpc) is 2.90. The van der Waals surface area contributed by atoms with Crippen LogP contribution in [0.25, 0.3) is 11.3 Å². The summed E-state index contributed by atoms with van der Waals surface area (Å²) in [6.45, 7) is 3.95. The fourth-order valence-corrected chi connectivity index (χ4v) is 2.71. The number of methoxy groups -OCH3 is 1. The van der Waals surface area contributed by atoms with E-state index < -0.39 is 0 Å². The van der Waals surface area contributed by atoms with Crippen LogP contribution in [-0.2, 0) is 19.4 Å². The third-order valence-electron chi connectivity index (χ3n) is 3.79. The van der Waals surface area contributed by atoms with E-state index in [2.05, 4.69) is 23.5 Å². The van der Waals surface area contributed by atoms with Crippen molar-refractivity contribution in [2.24, 2.45) is 0 Å². The summed E-state index contributed by atoms with van der Waals surface area (Å²) < 4.78 is 10.9. The molecule has 4 nitrogen and oxygen atoms in total. The van der Waals surface area contributed by atoms with E-state index in [9.17, 15) is 0 Å². The molecule has 1 aromatic heterocycles. The largest absolute Gasteiger partial charge is 0.497 e. The van der Waals surface area contributed by atoms with Gasteiger partial charge in [0.25, 0.3) is 0 Å². The summed E-state index contributed by atoms with van der Waals surface area (Å²) >= 11 is 0. The Morgan fingerprint density at radius 3 is 3.05 bits per heavy atom. The van der Waals surface area contributed by atoms with Crippen molar-refractivity contribution in [3.8, 4) is 17.1 Å². The van der Waals surface area contributed by atoms with Gasteiger partial charge in [-0.2, -0.15) is 0 Å². The Labute approximate surface area is 119 Å². The van der Waals surface area contributed by atoms with Crippen LogP contribution < -0.4 is 10.1 Å². The Bertz CT molecular complexity index is 605. The summed E-state index contributed by atoms with van der Waals surface area (Å²) in [5.41, 5.74) is 4.72. The highest BCUT2D eigenvalue weighted by molar-refractivity contribution is 5.70. The molecule has 0 saturated carbocycles. The first-order valence-electron chi connectivity index (χ1n) is 7.19. The molecule has 0 amide bonds. The lowest BCUT2D eigenvalue weighted by atomic mass is 9.89. The number of rotatable bonds is 5. The zero-order valence-corrected chi connectivity index (χ0v) is 12.0. The van der Waals surface area contributed by atoms with Gasteiger partial charge in [-0.1, -0.05) is 18.1 Å². The predicted octanol–water partition coefficient (Wildman–Crippen LogP) is 2.95. The van der Waals surface area contributed by atoms with E-state index >= 15 is 0 Å². The molecule has 1 N–H and O–H groups in total. The maximum absolute atomic E-state index is 5.60. The van der Waals surface area contributed by atoms with Crippen LogP contribution in [0.2, 0.25) is 0 Å². The zero-order valence-electron chi connectivity index (χ0n) is 12.0. The van der Waals surface area contributed by atoms with Crippen molar-refractivity contribution in [2.45, 2.75) is 32.7 Å². The molecule has 0 radical (unpaired) electrons. The number of hydrogen-bond donors (Lipinski definition) is 1. The average molecular weight is 272 g/mol. The van der Waals surface area contributed by atoms with Gasteiger partial charge < -0.3 is 14.6 Å². The molecule has 20 heavy (non-hydrogen) atoms. The third kappa shape index (κ3) is 2.31. The first kappa shape index (κ1) is 13.2. The quantitative estimate of drug-likeness (QED) is 0.850. The van der Waals surface area contributed by atoms with Crippen molar-refractivity contribution in [2.75, 3.05) is 13.7 Å². The molecule has 3 rings (SSSR count). The van der Waals surface area contributed by atoms with Crippen LogP contribution in [0.3, 0.4) is 0 Å². The molecule has 0 atom stereocenters. The Kier molecular flexibility index (Phi) is 3.74. The Hall–Kier alpha value is -1.81. The molecule has 0 spiro atoms. The second kappa shape index (κ2) is 5.67. The summed E-state index contributed by atoms with van der Waals surface area (Å²) in [4.78, 5) is 0. The molecule has 1 heterocycles. The Balaban J connectivity index is 1.92. The van der Waals surface area contributed by atoms with E-state index in [0.717, 1.165) is 55.1 Å². The van der Waals surface area contributed by atoms with E-state index in [4.69, 9.17) is 9.26 Å². The van der Waals surface area contributed by atoms with Gasteiger partial charge in [-0.3, -0.25) is 0 Å². The number of aryl methyl sites for hydroxylation is 1.